The molecule has 0 bridgehead atoms. The predicted molar refractivity (Wildman–Crippen MR) is 57.9 cm³/mol. The molecular weight excluding hydrogens is 176 g/mol. The van der Waals surface area contributed by atoms with Crippen molar-refractivity contribution in [2.45, 2.75) is 26.3 Å². The maximum absolute atomic E-state index is 5.53. The standard InChI is InChI=1S/C11H18N2O/c1-2-3-8-14-11-6-4-10(5-7-11)9-13-12/h4-7,13H,2-3,8-9,12H2,1H3. The van der Waals surface area contributed by atoms with Gasteiger partial charge in [0.2, 0.25) is 0 Å². The minimum absolute atomic E-state index is 0.690. The van der Waals surface area contributed by atoms with Crippen LogP contribution in [0.3, 0.4) is 0 Å². The van der Waals surface area contributed by atoms with E-state index in [0.717, 1.165) is 30.8 Å². The minimum atomic E-state index is 0.690. The molecule has 0 spiro atoms. The molecule has 3 nitrogen and oxygen atoms in total. The van der Waals surface area contributed by atoms with Crippen LogP contribution >= 0.6 is 0 Å². The second kappa shape index (κ2) is 6.40. The van der Waals surface area contributed by atoms with E-state index in [4.69, 9.17) is 10.6 Å². The lowest BCUT2D eigenvalue weighted by atomic mass is 10.2. The highest BCUT2D eigenvalue weighted by atomic mass is 16.5. The number of hydrazine groups is 1. The zero-order valence-corrected chi connectivity index (χ0v) is 8.62. The van der Waals surface area contributed by atoms with Crippen LogP contribution in [0.15, 0.2) is 24.3 Å². The second-order valence-corrected chi connectivity index (χ2v) is 3.23. The Morgan fingerprint density at radius 2 is 2.00 bits per heavy atom. The summed E-state index contributed by atoms with van der Waals surface area (Å²) in [6, 6.07) is 7.98. The van der Waals surface area contributed by atoms with Gasteiger partial charge in [-0.1, -0.05) is 25.5 Å². The molecule has 0 atom stereocenters. The van der Waals surface area contributed by atoms with E-state index in [1.54, 1.807) is 0 Å². The van der Waals surface area contributed by atoms with E-state index in [2.05, 4.69) is 12.3 Å². The summed E-state index contributed by atoms with van der Waals surface area (Å²) in [5.41, 5.74) is 3.78. The van der Waals surface area contributed by atoms with Crippen molar-refractivity contribution in [1.29, 1.82) is 0 Å². The molecule has 0 heterocycles. The van der Waals surface area contributed by atoms with Crippen LogP contribution in [-0.2, 0) is 6.54 Å². The first-order chi connectivity index (χ1) is 6.86. The zero-order chi connectivity index (χ0) is 10.2. The van der Waals surface area contributed by atoms with Gasteiger partial charge in [0.15, 0.2) is 0 Å². The third-order valence-electron chi connectivity index (χ3n) is 2.00. The molecule has 0 unspecified atom stereocenters. The molecule has 0 fully saturated rings. The van der Waals surface area contributed by atoms with E-state index in [1.807, 2.05) is 24.3 Å². The number of nitrogens with one attached hydrogen (secondary N) is 1. The van der Waals surface area contributed by atoms with Crippen LogP contribution < -0.4 is 16.0 Å². The SMILES string of the molecule is CCCCOc1ccc(CNN)cc1. The van der Waals surface area contributed by atoms with Gasteiger partial charge >= 0.3 is 0 Å². The highest BCUT2D eigenvalue weighted by Gasteiger charge is 1.94. The second-order valence-electron chi connectivity index (χ2n) is 3.23. The van der Waals surface area contributed by atoms with Crippen LogP contribution in [0.25, 0.3) is 0 Å². The van der Waals surface area contributed by atoms with Crippen LogP contribution in [0.1, 0.15) is 25.3 Å². The number of unbranched alkanes of at least 4 members (excludes halogenated alkanes) is 1. The molecular formula is C11H18N2O. The highest BCUT2D eigenvalue weighted by Crippen LogP contribution is 2.12. The molecule has 78 valence electrons. The lowest BCUT2D eigenvalue weighted by Crippen LogP contribution is -2.20. The third kappa shape index (κ3) is 3.77. The fourth-order valence-electron chi connectivity index (χ4n) is 1.16. The Hall–Kier alpha value is -1.06. The van der Waals surface area contributed by atoms with E-state index >= 15 is 0 Å². The summed E-state index contributed by atoms with van der Waals surface area (Å²) in [6.45, 7) is 3.64. The fraction of sp³-hybridized carbons (Fsp3) is 0.455. The van der Waals surface area contributed by atoms with Crippen molar-refractivity contribution in [3.8, 4) is 5.75 Å². The maximum Gasteiger partial charge on any atom is 0.119 e. The molecule has 0 aliphatic heterocycles. The molecule has 1 aromatic rings. The number of rotatable bonds is 6. The van der Waals surface area contributed by atoms with Crippen molar-refractivity contribution in [1.82, 2.24) is 5.43 Å². The van der Waals surface area contributed by atoms with E-state index in [9.17, 15) is 0 Å². The lowest BCUT2D eigenvalue weighted by Gasteiger charge is -2.06. The van der Waals surface area contributed by atoms with Gasteiger partial charge in [-0.2, -0.15) is 0 Å². The molecule has 0 radical (unpaired) electrons. The molecule has 0 aliphatic carbocycles. The smallest absolute Gasteiger partial charge is 0.119 e. The largest absolute Gasteiger partial charge is 0.494 e. The van der Waals surface area contributed by atoms with Crippen LogP contribution in [0, 0.1) is 0 Å². The molecule has 0 saturated carbocycles. The number of hydrogen-bond donors (Lipinski definition) is 2. The number of hydrogen-bond acceptors (Lipinski definition) is 3. The normalized spacial score (nSPS) is 10.1. The summed E-state index contributed by atoms with van der Waals surface area (Å²) in [5, 5.41) is 0. The van der Waals surface area contributed by atoms with Gasteiger partial charge in [0.05, 0.1) is 6.61 Å². The van der Waals surface area contributed by atoms with Gasteiger partial charge in [-0.15, -0.1) is 0 Å². The van der Waals surface area contributed by atoms with Gasteiger partial charge in [-0.25, -0.2) is 0 Å². The van der Waals surface area contributed by atoms with Gasteiger partial charge in [0.25, 0.3) is 0 Å². The van der Waals surface area contributed by atoms with Crippen LogP contribution in [-0.4, -0.2) is 6.61 Å². The summed E-state index contributed by atoms with van der Waals surface area (Å²) >= 11 is 0. The van der Waals surface area contributed by atoms with E-state index in [0.29, 0.717) is 6.54 Å². The molecule has 0 saturated heterocycles. The van der Waals surface area contributed by atoms with Crippen molar-refractivity contribution in [3.05, 3.63) is 29.8 Å². The Balaban J connectivity index is 2.38. The topological polar surface area (TPSA) is 47.3 Å². The molecule has 1 rings (SSSR count). The van der Waals surface area contributed by atoms with E-state index in [-0.39, 0.29) is 0 Å². The number of benzene rings is 1. The van der Waals surface area contributed by atoms with E-state index in [1.165, 1.54) is 0 Å². The fourth-order valence-corrected chi connectivity index (χ4v) is 1.16. The average molecular weight is 194 g/mol. The molecule has 0 amide bonds. The van der Waals surface area contributed by atoms with Gasteiger partial charge < -0.3 is 4.74 Å². The Labute approximate surface area is 85.2 Å². The number of ether oxygens (including phenoxy) is 1. The first kappa shape index (κ1) is 11.0. The van der Waals surface area contributed by atoms with E-state index < -0.39 is 0 Å². The lowest BCUT2D eigenvalue weighted by molar-refractivity contribution is 0.309. The molecule has 0 aliphatic rings. The van der Waals surface area contributed by atoms with Gasteiger partial charge in [-0.3, -0.25) is 11.3 Å². The summed E-state index contributed by atoms with van der Waals surface area (Å²) in [5.74, 6) is 6.15. The number of nitrogens with two attached hydrogens (primary N) is 1. The highest BCUT2D eigenvalue weighted by molar-refractivity contribution is 5.27. The van der Waals surface area contributed by atoms with Crippen LogP contribution in [0.5, 0.6) is 5.75 Å². The first-order valence-corrected chi connectivity index (χ1v) is 5.02. The van der Waals surface area contributed by atoms with Gasteiger partial charge in [0.1, 0.15) is 5.75 Å². The molecule has 1 aromatic carbocycles. The van der Waals surface area contributed by atoms with Crippen molar-refractivity contribution in [2.24, 2.45) is 5.84 Å². The quantitative estimate of drug-likeness (QED) is 0.412. The molecule has 3 N–H and O–H groups in total. The summed E-state index contributed by atoms with van der Waals surface area (Å²) in [7, 11) is 0. The minimum Gasteiger partial charge on any atom is -0.494 e. The molecule has 0 aromatic heterocycles. The Kier molecular flexibility index (Phi) is 5.04. The third-order valence-corrected chi connectivity index (χ3v) is 2.00. The van der Waals surface area contributed by atoms with Gasteiger partial charge in [-0.05, 0) is 24.1 Å². The van der Waals surface area contributed by atoms with Crippen molar-refractivity contribution in [2.75, 3.05) is 6.61 Å². The molecule has 14 heavy (non-hydrogen) atoms. The van der Waals surface area contributed by atoms with Crippen LogP contribution in [0.2, 0.25) is 0 Å². The maximum atomic E-state index is 5.53. The molecule has 3 heteroatoms. The Morgan fingerprint density at radius 3 is 2.57 bits per heavy atom. The van der Waals surface area contributed by atoms with Crippen molar-refractivity contribution >= 4 is 0 Å². The first-order valence-electron chi connectivity index (χ1n) is 5.02. The van der Waals surface area contributed by atoms with Crippen LogP contribution in [0.4, 0.5) is 0 Å². The average Bonchev–Trinajstić information content (AvgIpc) is 2.21. The van der Waals surface area contributed by atoms with Crippen molar-refractivity contribution < 1.29 is 4.74 Å². The Morgan fingerprint density at radius 1 is 1.29 bits per heavy atom. The Bertz CT molecular complexity index is 246. The van der Waals surface area contributed by atoms with Gasteiger partial charge in [0, 0.05) is 6.54 Å². The monoisotopic (exact) mass is 194 g/mol. The summed E-state index contributed by atoms with van der Waals surface area (Å²) in [6.07, 6.45) is 2.27. The zero-order valence-electron chi connectivity index (χ0n) is 8.62. The van der Waals surface area contributed by atoms with Crippen molar-refractivity contribution in [3.63, 3.8) is 0 Å². The summed E-state index contributed by atoms with van der Waals surface area (Å²) < 4.78 is 5.53. The predicted octanol–water partition coefficient (Wildman–Crippen LogP) is 1.83. The summed E-state index contributed by atoms with van der Waals surface area (Å²) in [4.78, 5) is 0.